The van der Waals surface area contributed by atoms with Crippen molar-refractivity contribution in [2.45, 2.75) is 63.2 Å². The summed E-state index contributed by atoms with van der Waals surface area (Å²) < 4.78 is 36.9. The monoisotopic (exact) mass is 482 g/mol. The van der Waals surface area contributed by atoms with Gasteiger partial charge in [0.15, 0.2) is 0 Å². The average molecular weight is 483 g/mol. The highest BCUT2D eigenvalue weighted by atomic mass is 32.2. The fourth-order valence-corrected chi connectivity index (χ4v) is 7.63. The van der Waals surface area contributed by atoms with E-state index in [-0.39, 0.29) is 10.3 Å². The molecule has 2 fully saturated rings. The smallest absolute Gasteiger partial charge is 0.276 e. The second-order valence-corrected chi connectivity index (χ2v) is 11.9. The van der Waals surface area contributed by atoms with E-state index in [1.165, 1.54) is 11.1 Å². The van der Waals surface area contributed by atoms with Gasteiger partial charge >= 0.3 is 0 Å². The Hall–Kier alpha value is -2.54. The van der Waals surface area contributed by atoms with Crippen molar-refractivity contribution < 1.29 is 17.9 Å². The number of rotatable bonds is 5. The maximum absolute atomic E-state index is 12.8. The van der Waals surface area contributed by atoms with Crippen LogP contribution < -0.4 is 14.3 Å². The Morgan fingerprint density at radius 2 is 1.79 bits per heavy atom. The summed E-state index contributed by atoms with van der Waals surface area (Å²) in [6.07, 6.45) is 6.10. The van der Waals surface area contributed by atoms with Crippen LogP contribution in [0.4, 0.5) is 0 Å². The summed E-state index contributed by atoms with van der Waals surface area (Å²) >= 11 is 0. The number of hydrogen-bond donors (Lipinski definition) is 1. The molecular formula is C27H34N2O4S. The van der Waals surface area contributed by atoms with Gasteiger partial charge in [0.1, 0.15) is 11.5 Å². The largest absolute Gasteiger partial charge is 0.497 e. The first-order valence-electron chi connectivity index (χ1n) is 12.2. The molecule has 0 aromatic heterocycles. The summed E-state index contributed by atoms with van der Waals surface area (Å²) in [4.78, 5) is 2.79. The predicted molar refractivity (Wildman–Crippen MR) is 133 cm³/mol. The molecule has 7 heteroatoms. The third-order valence-electron chi connectivity index (χ3n) is 8.58. The molecule has 0 radical (unpaired) electrons. The van der Waals surface area contributed by atoms with Gasteiger partial charge in [-0.15, -0.1) is 0 Å². The zero-order valence-electron chi connectivity index (χ0n) is 20.4. The van der Waals surface area contributed by atoms with Crippen LogP contribution in [0.1, 0.15) is 61.6 Å². The minimum Gasteiger partial charge on any atom is -0.497 e. The lowest BCUT2D eigenvalue weighted by molar-refractivity contribution is 0.0940. The van der Waals surface area contributed by atoms with Crippen molar-refractivity contribution in [2.75, 3.05) is 14.2 Å². The number of fused-ring (bicyclic) bond motifs is 5. The van der Waals surface area contributed by atoms with Crippen LogP contribution in [0.15, 0.2) is 46.4 Å². The van der Waals surface area contributed by atoms with Crippen LogP contribution in [0.25, 0.3) is 0 Å². The van der Waals surface area contributed by atoms with E-state index in [1.807, 2.05) is 13.0 Å². The first-order chi connectivity index (χ1) is 16.3. The SMILES string of the molecule is COc1cc2c(c(OC)c1)[C@H]1CC[C@]3(C)/C(=N\NS(=O)(=O)c4ccc(C)cc4)CC[C@H]3[C@H]1CC2. The molecule has 0 unspecified atom stereocenters. The fourth-order valence-electron chi connectivity index (χ4n) is 6.80. The van der Waals surface area contributed by atoms with Crippen molar-refractivity contribution in [3.63, 3.8) is 0 Å². The number of benzene rings is 2. The van der Waals surface area contributed by atoms with Gasteiger partial charge in [0.05, 0.1) is 19.1 Å². The van der Waals surface area contributed by atoms with Gasteiger partial charge in [-0.3, -0.25) is 0 Å². The molecule has 0 aliphatic heterocycles. The summed E-state index contributed by atoms with van der Waals surface area (Å²) in [6, 6.07) is 11.1. The highest BCUT2D eigenvalue weighted by Crippen LogP contribution is 2.61. The van der Waals surface area contributed by atoms with E-state index < -0.39 is 10.0 Å². The van der Waals surface area contributed by atoms with Crippen molar-refractivity contribution >= 4 is 15.7 Å². The van der Waals surface area contributed by atoms with Crippen LogP contribution in [0.2, 0.25) is 0 Å². The van der Waals surface area contributed by atoms with E-state index in [4.69, 9.17) is 9.47 Å². The van der Waals surface area contributed by atoms with Crippen LogP contribution in [-0.2, 0) is 16.4 Å². The van der Waals surface area contributed by atoms with Crippen LogP contribution >= 0.6 is 0 Å². The average Bonchev–Trinajstić information content (AvgIpc) is 3.18. The highest BCUT2D eigenvalue weighted by molar-refractivity contribution is 7.89. The first-order valence-corrected chi connectivity index (χ1v) is 13.7. The Morgan fingerprint density at radius 1 is 1.03 bits per heavy atom. The number of methoxy groups -OCH3 is 2. The van der Waals surface area contributed by atoms with Gasteiger partial charge in [0, 0.05) is 22.8 Å². The molecule has 6 nitrogen and oxygen atoms in total. The van der Waals surface area contributed by atoms with Crippen LogP contribution in [0, 0.1) is 24.2 Å². The molecule has 2 saturated carbocycles. The van der Waals surface area contributed by atoms with Crippen molar-refractivity contribution in [3.8, 4) is 11.5 Å². The maximum Gasteiger partial charge on any atom is 0.276 e. The van der Waals surface area contributed by atoms with Gasteiger partial charge in [0.25, 0.3) is 10.0 Å². The standard InChI is InChI=1S/C27H34N2O4S/c1-17-5-8-20(9-6-17)34(30,31)29-28-25-12-11-23-21-10-7-18-15-19(32-3)16-24(33-4)26(18)22(21)13-14-27(23,25)2/h5-6,8-9,15-16,21-23,29H,7,10-14H2,1-4H3/b28-25-/t21-,22-,23-,27-/m0/s1. The van der Waals surface area contributed by atoms with Gasteiger partial charge in [0.2, 0.25) is 0 Å². The molecule has 0 saturated heterocycles. The van der Waals surface area contributed by atoms with Crippen molar-refractivity contribution in [3.05, 3.63) is 53.1 Å². The number of nitrogens with one attached hydrogen (secondary N) is 1. The van der Waals surface area contributed by atoms with Gasteiger partial charge in [-0.25, -0.2) is 4.83 Å². The molecule has 2 aromatic carbocycles. The molecule has 3 aliphatic rings. The molecule has 0 spiro atoms. The third-order valence-corrected chi connectivity index (χ3v) is 9.81. The Morgan fingerprint density at radius 3 is 2.50 bits per heavy atom. The lowest BCUT2D eigenvalue weighted by Gasteiger charge is -2.49. The minimum absolute atomic E-state index is 0.0752. The number of hydrogen-bond acceptors (Lipinski definition) is 5. The number of nitrogens with zero attached hydrogens (tertiary/aromatic N) is 1. The van der Waals surface area contributed by atoms with E-state index in [2.05, 4.69) is 22.9 Å². The molecule has 34 heavy (non-hydrogen) atoms. The summed E-state index contributed by atoms with van der Waals surface area (Å²) in [5.41, 5.74) is 4.65. The minimum atomic E-state index is -3.67. The second kappa shape index (κ2) is 8.59. The first kappa shape index (κ1) is 23.2. The molecule has 0 heterocycles. The number of hydrazone groups is 1. The second-order valence-electron chi connectivity index (χ2n) is 10.3. The number of ether oxygens (including phenoxy) is 2. The lowest BCUT2D eigenvalue weighted by Crippen LogP contribution is -2.43. The van der Waals surface area contributed by atoms with E-state index in [0.29, 0.717) is 17.8 Å². The van der Waals surface area contributed by atoms with E-state index in [0.717, 1.165) is 61.3 Å². The molecule has 182 valence electrons. The Labute approximate surface area is 202 Å². The molecule has 2 aromatic rings. The highest BCUT2D eigenvalue weighted by Gasteiger charge is 2.54. The molecule has 3 aliphatic carbocycles. The van der Waals surface area contributed by atoms with Crippen LogP contribution in [0.5, 0.6) is 11.5 Å². The number of aryl methyl sites for hydroxylation is 2. The summed E-state index contributed by atoms with van der Waals surface area (Å²) in [7, 11) is -0.232. The topological polar surface area (TPSA) is 77.0 Å². The van der Waals surface area contributed by atoms with E-state index in [9.17, 15) is 8.42 Å². The Balaban J connectivity index is 1.40. The van der Waals surface area contributed by atoms with Gasteiger partial charge in [-0.1, -0.05) is 24.6 Å². The fraction of sp³-hybridized carbons (Fsp3) is 0.519. The third kappa shape index (κ3) is 3.78. The normalized spacial score (nSPS) is 29.2. The predicted octanol–water partition coefficient (Wildman–Crippen LogP) is 5.20. The summed E-state index contributed by atoms with van der Waals surface area (Å²) in [5.74, 6) is 3.30. The zero-order chi connectivity index (χ0) is 24.1. The molecule has 1 N–H and O–H groups in total. The summed E-state index contributed by atoms with van der Waals surface area (Å²) in [6.45, 7) is 4.23. The molecule has 5 rings (SSSR count). The van der Waals surface area contributed by atoms with Gasteiger partial charge in [-0.2, -0.15) is 13.5 Å². The lowest BCUT2D eigenvalue weighted by atomic mass is 9.55. The zero-order valence-corrected chi connectivity index (χ0v) is 21.2. The molecule has 0 bridgehead atoms. The van der Waals surface area contributed by atoms with Gasteiger partial charge in [-0.05, 0) is 87.0 Å². The summed E-state index contributed by atoms with van der Waals surface area (Å²) in [5, 5.41) is 4.53. The maximum atomic E-state index is 12.8. The van der Waals surface area contributed by atoms with Crippen molar-refractivity contribution in [2.24, 2.45) is 22.4 Å². The molecule has 4 atom stereocenters. The number of sulfonamides is 1. The van der Waals surface area contributed by atoms with Crippen LogP contribution in [0.3, 0.4) is 0 Å². The van der Waals surface area contributed by atoms with E-state index >= 15 is 0 Å². The quantitative estimate of drug-likeness (QED) is 0.594. The van der Waals surface area contributed by atoms with E-state index in [1.54, 1.807) is 38.5 Å². The Kier molecular flexibility index (Phi) is 5.87. The molecule has 0 amide bonds. The van der Waals surface area contributed by atoms with Gasteiger partial charge < -0.3 is 9.47 Å². The van der Waals surface area contributed by atoms with Crippen molar-refractivity contribution in [1.29, 1.82) is 0 Å². The molecular weight excluding hydrogens is 448 g/mol. The van der Waals surface area contributed by atoms with Crippen LogP contribution in [-0.4, -0.2) is 28.3 Å². The van der Waals surface area contributed by atoms with Crippen molar-refractivity contribution in [1.82, 2.24) is 4.83 Å². The Bertz CT molecular complexity index is 1200.